The van der Waals surface area contributed by atoms with E-state index in [1.54, 1.807) is 24.3 Å². The van der Waals surface area contributed by atoms with Gasteiger partial charge in [0.2, 0.25) is 20.0 Å². The van der Waals surface area contributed by atoms with Gasteiger partial charge in [-0.2, -0.15) is 0 Å². The van der Waals surface area contributed by atoms with Gasteiger partial charge in [0.05, 0.1) is 42.1 Å². The number of sulfonamides is 2. The third-order valence-corrected chi connectivity index (χ3v) is 4.41. The summed E-state index contributed by atoms with van der Waals surface area (Å²) in [4.78, 5) is 22.5. The highest BCUT2D eigenvalue weighted by molar-refractivity contribution is 7.92. The fourth-order valence-electron chi connectivity index (χ4n) is 2.11. The fraction of sp³-hybridized carbons (Fsp3) is 0.176. The summed E-state index contributed by atoms with van der Waals surface area (Å²) in [6, 6.07) is 12.4. The molecule has 15 heteroatoms. The van der Waals surface area contributed by atoms with E-state index in [2.05, 4.69) is 25.9 Å². The normalized spacial score (nSPS) is 10.3. The molecule has 2 aromatic carbocycles. The van der Waals surface area contributed by atoms with Gasteiger partial charge in [0.1, 0.15) is 0 Å². The second-order valence-electron chi connectivity index (χ2n) is 5.80. The van der Waals surface area contributed by atoms with Crippen LogP contribution in [-0.4, -0.2) is 48.3 Å². The van der Waals surface area contributed by atoms with Crippen molar-refractivity contribution in [1.29, 1.82) is 0 Å². The molecule has 32 heavy (non-hydrogen) atoms. The zero-order chi connectivity index (χ0) is 24.9. The number of nitrogens with one attached hydrogen (secondary N) is 3. The third kappa shape index (κ3) is 10.7. The molecule has 1 amide bonds. The molecule has 0 radical (unpaired) electrons. The fourth-order valence-corrected chi connectivity index (χ4v) is 3.26. The van der Waals surface area contributed by atoms with Crippen molar-refractivity contribution in [3.63, 3.8) is 0 Å². The Hall–Kier alpha value is -3.24. The SMILES string of the molecule is COC(=O)c1ccccc1NS(C)(=O)=O.CS(=O)(=O)Nc1ccccc1C(=O)NN.NN. The number of methoxy groups -OCH3 is 1. The molecule has 0 spiro atoms. The van der Waals surface area contributed by atoms with Crippen LogP contribution in [0.2, 0.25) is 0 Å². The van der Waals surface area contributed by atoms with E-state index in [0.717, 1.165) is 12.5 Å². The van der Waals surface area contributed by atoms with Crippen LogP contribution in [0.25, 0.3) is 0 Å². The van der Waals surface area contributed by atoms with Gasteiger partial charge in [-0.15, -0.1) is 0 Å². The molecule has 0 aliphatic carbocycles. The topological polar surface area (TPSA) is 226 Å². The molecule has 2 rings (SSSR count). The first-order chi connectivity index (χ1) is 14.9. The standard InChI is InChI=1S/C9H11NO4S.C8H11N3O3S.H4N2/c1-14-9(11)7-5-3-4-6-8(7)10-15(2,12)13;1-15(13,14)11-7-5-3-2-4-6(7)8(12)10-9;1-2/h3-6,10H,1-2H3;2-5,11H,9H2,1H3,(H,10,12);1-2H2. The highest BCUT2D eigenvalue weighted by Crippen LogP contribution is 2.17. The van der Waals surface area contributed by atoms with Crippen LogP contribution in [0.3, 0.4) is 0 Å². The van der Waals surface area contributed by atoms with Crippen molar-refractivity contribution in [3.8, 4) is 0 Å². The summed E-state index contributed by atoms with van der Waals surface area (Å²) in [5.41, 5.74) is 2.70. The summed E-state index contributed by atoms with van der Waals surface area (Å²) in [6.45, 7) is 0. The molecular weight excluding hydrogens is 464 g/mol. The van der Waals surface area contributed by atoms with Crippen molar-refractivity contribution in [3.05, 3.63) is 59.7 Å². The number of hydrogen-bond donors (Lipinski definition) is 6. The van der Waals surface area contributed by atoms with Gasteiger partial charge in [0.25, 0.3) is 5.91 Å². The number of carbonyl (C=O) groups excluding carboxylic acids is 2. The van der Waals surface area contributed by atoms with E-state index in [4.69, 9.17) is 5.84 Å². The first-order valence-electron chi connectivity index (χ1n) is 8.44. The van der Waals surface area contributed by atoms with Gasteiger partial charge in [-0.1, -0.05) is 24.3 Å². The van der Waals surface area contributed by atoms with Crippen molar-refractivity contribution in [2.24, 2.45) is 17.5 Å². The number of hydrazine groups is 2. The van der Waals surface area contributed by atoms with Crippen LogP contribution in [0.1, 0.15) is 20.7 Å². The van der Waals surface area contributed by atoms with Crippen molar-refractivity contribution in [1.82, 2.24) is 5.43 Å². The van der Waals surface area contributed by atoms with Crippen LogP contribution in [0.5, 0.6) is 0 Å². The molecule has 0 saturated carbocycles. The predicted octanol–water partition coefficient (Wildman–Crippen LogP) is -0.675. The molecule has 0 atom stereocenters. The second-order valence-corrected chi connectivity index (χ2v) is 9.30. The van der Waals surface area contributed by atoms with E-state index in [9.17, 15) is 26.4 Å². The van der Waals surface area contributed by atoms with Gasteiger partial charge in [0.15, 0.2) is 0 Å². The molecule has 0 fully saturated rings. The minimum Gasteiger partial charge on any atom is -0.465 e. The van der Waals surface area contributed by atoms with Crippen LogP contribution < -0.4 is 32.4 Å². The highest BCUT2D eigenvalue weighted by Gasteiger charge is 2.13. The van der Waals surface area contributed by atoms with Gasteiger partial charge in [-0.25, -0.2) is 27.5 Å². The zero-order valence-corrected chi connectivity index (χ0v) is 19.2. The highest BCUT2D eigenvalue weighted by atomic mass is 32.2. The summed E-state index contributed by atoms with van der Waals surface area (Å²) in [5, 5.41) is 0. The lowest BCUT2D eigenvalue weighted by Gasteiger charge is -2.08. The summed E-state index contributed by atoms with van der Waals surface area (Å²) in [6.07, 6.45) is 2.02. The molecule has 0 heterocycles. The summed E-state index contributed by atoms with van der Waals surface area (Å²) < 4.78 is 53.0. The summed E-state index contributed by atoms with van der Waals surface area (Å²) >= 11 is 0. The average molecular weight is 491 g/mol. The van der Waals surface area contributed by atoms with Crippen LogP contribution in [0, 0.1) is 0 Å². The number of anilines is 2. The monoisotopic (exact) mass is 490 g/mol. The molecule has 9 N–H and O–H groups in total. The van der Waals surface area contributed by atoms with Crippen LogP contribution in [-0.2, 0) is 24.8 Å². The lowest BCUT2D eigenvalue weighted by atomic mass is 10.2. The molecule has 0 bridgehead atoms. The van der Waals surface area contributed by atoms with Gasteiger partial charge < -0.3 is 4.74 Å². The first kappa shape index (κ1) is 28.8. The number of benzene rings is 2. The lowest BCUT2D eigenvalue weighted by molar-refractivity contribution is 0.0601. The van der Waals surface area contributed by atoms with E-state index in [1.807, 2.05) is 5.43 Å². The number of rotatable bonds is 6. The maximum atomic E-state index is 11.3. The maximum Gasteiger partial charge on any atom is 0.339 e. The average Bonchev–Trinajstić information content (AvgIpc) is 2.73. The number of para-hydroxylation sites is 2. The smallest absolute Gasteiger partial charge is 0.339 e. The molecule has 0 aromatic heterocycles. The Bertz CT molecular complexity index is 1030. The van der Waals surface area contributed by atoms with Gasteiger partial charge in [-0.3, -0.25) is 31.3 Å². The van der Waals surface area contributed by atoms with Crippen LogP contribution in [0.4, 0.5) is 11.4 Å². The molecule has 13 nitrogen and oxygen atoms in total. The van der Waals surface area contributed by atoms with Gasteiger partial charge in [0, 0.05) is 0 Å². The predicted molar refractivity (Wildman–Crippen MR) is 121 cm³/mol. The lowest BCUT2D eigenvalue weighted by Crippen LogP contribution is -2.30. The largest absolute Gasteiger partial charge is 0.465 e. The van der Waals surface area contributed by atoms with Crippen molar-refractivity contribution in [2.75, 3.05) is 29.1 Å². The van der Waals surface area contributed by atoms with E-state index in [-0.39, 0.29) is 22.5 Å². The second kappa shape index (κ2) is 13.2. The maximum absolute atomic E-state index is 11.3. The Morgan fingerprint density at radius 3 is 1.53 bits per heavy atom. The van der Waals surface area contributed by atoms with E-state index >= 15 is 0 Å². The number of hydrogen-bond acceptors (Lipinski definition) is 10. The minimum atomic E-state index is -3.41. The molecule has 0 unspecified atom stereocenters. The number of nitrogen functional groups attached to an aromatic ring is 1. The van der Waals surface area contributed by atoms with Gasteiger partial charge in [-0.05, 0) is 24.3 Å². The Kier molecular flexibility index (Phi) is 11.9. The number of nitrogens with two attached hydrogens (primary N) is 3. The third-order valence-electron chi connectivity index (χ3n) is 3.23. The van der Waals surface area contributed by atoms with E-state index in [0.29, 0.717) is 0 Å². The van der Waals surface area contributed by atoms with Gasteiger partial charge >= 0.3 is 5.97 Å². The zero-order valence-electron chi connectivity index (χ0n) is 17.5. The Morgan fingerprint density at radius 2 is 1.16 bits per heavy atom. The molecule has 0 saturated heterocycles. The molecular formula is C17H26N6O7S2. The Balaban J connectivity index is 0.000000557. The Morgan fingerprint density at radius 1 is 0.781 bits per heavy atom. The number of esters is 1. The first-order valence-corrected chi connectivity index (χ1v) is 12.2. The van der Waals surface area contributed by atoms with Crippen LogP contribution in [0.15, 0.2) is 48.5 Å². The van der Waals surface area contributed by atoms with Crippen LogP contribution >= 0.6 is 0 Å². The number of amides is 1. The minimum absolute atomic E-state index is 0.172. The molecule has 2 aromatic rings. The number of carbonyl (C=O) groups is 2. The molecule has 178 valence electrons. The quantitative estimate of drug-likeness (QED) is 0.129. The van der Waals surface area contributed by atoms with Crippen molar-refractivity contribution < 1.29 is 31.2 Å². The van der Waals surface area contributed by atoms with E-state index in [1.165, 1.54) is 31.4 Å². The van der Waals surface area contributed by atoms with Crippen molar-refractivity contribution in [2.45, 2.75) is 0 Å². The number of ether oxygens (including phenoxy) is 1. The summed E-state index contributed by atoms with van der Waals surface area (Å²) in [7, 11) is -5.58. The summed E-state index contributed by atoms with van der Waals surface area (Å²) in [5.74, 6) is 11.8. The van der Waals surface area contributed by atoms with Crippen molar-refractivity contribution >= 4 is 43.3 Å². The van der Waals surface area contributed by atoms with E-state index < -0.39 is 31.9 Å². The molecule has 0 aliphatic heterocycles. The Labute approximate surface area is 186 Å². The molecule has 0 aliphatic rings.